The molecule has 17 aromatic carbocycles. The Morgan fingerprint density at radius 1 is 0.194 bits per heavy atom. The number of anilines is 6. The predicted molar refractivity (Wildman–Crippen MR) is 553 cm³/mol. The van der Waals surface area contributed by atoms with Crippen LogP contribution in [0.5, 0.6) is 0 Å². The van der Waals surface area contributed by atoms with Crippen LogP contribution in [-0.4, -0.2) is 25.0 Å². The van der Waals surface area contributed by atoms with E-state index in [1.165, 1.54) is 98.3 Å². The van der Waals surface area contributed by atoms with Crippen LogP contribution in [0.4, 0.5) is 34.1 Å². The highest BCUT2D eigenvalue weighted by Gasteiger charge is 2.47. The van der Waals surface area contributed by atoms with Crippen molar-refractivity contribution in [1.29, 1.82) is 0 Å². The molecule has 626 valence electrons. The number of hydrogen-bond acceptors (Lipinski definition) is 2. The summed E-state index contributed by atoms with van der Waals surface area (Å²) < 4.78 is 10.3. The van der Waals surface area contributed by atoms with Crippen LogP contribution in [0.15, 0.2) is 364 Å². The van der Waals surface area contributed by atoms with Crippen molar-refractivity contribution in [3.63, 3.8) is 0 Å². The molecule has 6 nitrogen and oxygen atoms in total. The van der Waals surface area contributed by atoms with Crippen molar-refractivity contribution < 1.29 is 0 Å². The molecule has 6 heterocycles. The van der Waals surface area contributed by atoms with Gasteiger partial charge < -0.3 is 28.1 Å². The van der Waals surface area contributed by atoms with Gasteiger partial charge in [-0.05, 0) is 178 Å². The Labute approximate surface area is 757 Å². The van der Waals surface area contributed by atoms with E-state index < -0.39 is 5.41 Å². The minimum atomic E-state index is -0.401. The van der Waals surface area contributed by atoms with Gasteiger partial charge >= 0.3 is 0 Å². The number of rotatable bonds is 10. The number of aromatic nitrogens is 4. The average molecular weight is 1670 g/mol. The maximum atomic E-state index is 2.77. The second-order valence-electron chi connectivity index (χ2n) is 41.3. The summed E-state index contributed by atoms with van der Waals surface area (Å²) in [6.45, 7) is 34.8. The van der Waals surface area contributed by atoms with Gasteiger partial charge in [0, 0.05) is 111 Å². The molecule has 2 aliphatic rings. The molecule has 7 heteroatoms. The summed E-state index contributed by atoms with van der Waals surface area (Å²) in [5, 5.41) is 9.62. The summed E-state index contributed by atoms with van der Waals surface area (Å²) in [4.78, 5) is 5.54. The fourth-order valence-electron chi connectivity index (χ4n) is 21.5. The highest BCUT2D eigenvalue weighted by molar-refractivity contribution is 7.00. The van der Waals surface area contributed by atoms with Crippen LogP contribution in [0.25, 0.3) is 154 Å². The van der Waals surface area contributed by atoms with Gasteiger partial charge in [0.25, 0.3) is 6.71 Å². The Bertz CT molecular complexity index is 7520. The molecule has 0 spiro atoms. The highest BCUT2D eigenvalue weighted by Crippen LogP contribution is 2.56. The van der Waals surface area contributed by atoms with Crippen LogP contribution in [-0.2, 0) is 27.1 Å². The van der Waals surface area contributed by atoms with Crippen molar-refractivity contribution in [2.45, 2.75) is 131 Å². The number of nitrogens with zero attached hydrogens (tertiary/aromatic N) is 6. The molecule has 0 unspecified atom stereocenters. The summed E-state index contributed by atoms with van der Waals surface area (Å²) in [7, 11) is 0. The normalized spacial score (nSPS) is 13.2. The van der Waals surface area contributed by atoms with E-state index in [9.17, 15) is 0 Å². The van der Waals surface area contributed by atoms with E-state index in [2.05, 4.69) is 496 Å². The van der Waals surface area contributed by atoms with Crippen LogP contribution >= 0.6 is 0 Å². The van der Waals surface area contributed by atoms with E-state index in [0.717, 1.165) is 134 Å². The summed E-state index contributed by atoms with van der Waals surface area (Å²) in [6, 6.07) is 141. The molecule has 21 aromatic rings. The van der Waals surface area contributed by atoms with Gasteiger partial charge in [0.15, 0.2) is 0 Å². The molecule has 0 aliphatic carbocycles. The molecule has 23 rings (SSSR count). The average Bonchev–Trinajstić information content (AvgIpc) is 1.12. The van der Waals surface area contributed by atoms with Crippen LogP contribution in [0.1, 0.15) is 132 Å². The SMILES string of the molecule is CC(C)(C)c1ccc(-c2cccc(-c3ccc(C(C)(C)C)cc3)c2N2c3cc(-n4c5ccccc5c5ccc6c7ccccc7n(-c7ccccc7)c6c54)ccc3B3c4ccc(-n5c6ccccc6c6ccc7c8ccccc8n(-c8ccccc8)c7c65)cc4N(c4c(-c5ccc(C(C)(C)C)cc5)cccc4-c4ccc(C(C)(C)C)cc4)c4cc(C(C)(C)C)cc2c43)cc1. The van der Waals surface area contributed by atoms with Gasteiger partial charge in [-0.25, -0.2) is 0 Å². The summed E-state index contributed by atoms with van der Waals surface area (Å²) in [5.74, 6) is 0. The van der Waals surface area contributed by atoms with E-state index in [4.69, 9.17) is 0 Å². The number of benzene rings is 17. The van der Waals surface area contributed by atoms with Gasteiger partial charge in [0.1, 0.15) is 0 Å². The lowest BCUT2D eigenvalue weighted by Gasteiger charge is -2.46. The molecule has 0 amide bonds. The van der Waals surface area contributed by atoms with Crippen LogP contribution < -0.4 is 26.2 Å². The van der Waals surface area contributed by atoms with E-state index in [1.54, 1.807) is 0 Å². The maximum absolute atomic E-state index is 2.77. The fourth-order valence-corrected chi connectivity index (χ4v) is 21.5. The summed E-state index contributed by atoms with van der Waals surface area (Å²) in [6.07, 6.45) is 0. The van der Waals surface area contributed by atoms with Crippen molar-refractivity contribution in [1.82, 2.24) is 18.3 Å². The number of para-hydroxylation sites is 8. The number of fused-ring (bicyclic) bond motifs is 18. The minimum absolute atomic E-state index is 0.0810. The van der Waals surface area contributed by atoms with Crippen molar-refractivity contribution in [3.05, 3.63) is 392 Å². The van der Waals surface area contributed by atoms with Gasteiger partial charge in [-0.3, -0.25) is 0 Å². The van der Waals surface area contributed by atoms with Gasteiger partial charge in [-0.15, -0.1) is 0 Å². The van der Waals surface area contributed by atoms with Crippen molar-refractivity contribution in [3.8, 4) is 67.3 Å². The van der Waals surface area contributed by atoms with E-state index in [1.807, 2.05) is 0 Å². The van der Waals surface area contributed by atoms with Crippen molar-refractivity contribution in [2.75, 3.05) is 9.80 Å². The zero-order valence-corrected chi connectivity index (χ0v) is 76.4. The molecular weight excluding hydrogens is 1560 g/mol. The first-order valence-electron chi connectivity index (χ1n) is 46.0. The Kier molecular flexibility index (Phi) is 17.9. The molecule has 0 radical (unpaired) electrons. The Hall–Kier alpha value is -14.4. The van der Waals surface area contributed by atoms with E-state index in [0.29, 0.717) is 0 Å². The zero-order valence-electron chi connectivity index (χ0n) is 76.4. The Morgan fingerprint density at radius 3 is 0.721 bits per heavy atom. The summed E-state index contributed by atoms with van der Waals surface area (Å²) in [5.41, 5.74) is 38.7. The van der Waals surface area contributed by atoms with E-state index in [-0.39, 0.29) is 28.4 Å². The maximum Gasteiger partial charge on any atom is 0.252 e. The standard InChI is InChI=1S/C122H105BN6/c1-118(2,3)80-56-48-76(49-57-80)89-40-30-41-90(77-50-58-81(59-51-77)119(4,5)6)112(89)128-107-74-87(126-105-46-28-24-38-95(105)99-68-66-97-93-36-22-26-44-103(93)124(114(97)116(99)126)85-32-18-16-19-33-85)64-70-101(107)123-102-71-65-88(127-106-47-29-25-39-96(106)100-69-67-98-94-37-23-27-45-104(94)125(115(98)117(100)127)86-34-20-17-21-35-86)75-108(102)129(110-73-84(122(13,14)15)72-109(128)111(110)123)113-91(78-52-60-82(61-53-78)120(7,8)9)42-31-43-92(113)79-54-62-83(63-55-79)121(10,11)12/h16-75H,1-15H3. The molecule has 0 saturated carbocycles. The first-order chi connectivity index (χ1) is 62.2. The third kappa shape index (κ3) is 12.6. The fraction of sp³-hybridized carbons (Fsp3) is 0.164. The quantitative estimate of drug-likeness (QED) is 0.128. The lowest BCUT2D eigenvalue weighted by molar-refractivity contribution is 0.590. The zero-order chi connectivity index (χ0) is 88.2. The predicted octanol–water partition coefficient (Wildman–Crippen LogP) is 31.3. The third-order valence-electron chi connectivity index (χ3n) is 28.2. The lowest BCUT2D eigenvalue weighted by Crippen LogP contribution is -2.61. The smallest absolute Gasteiger partial charge is 0.252 e. The highest BCUT2D eigenvalue weighted by atomic mass is 15.2. The van der Waals surface area contributed by atoms with Gasteiger partial charge in [0.2, 0.25) is 0 Å². The molecule has 0 fully saturated rings. The number of hydrogen-bond donors (Lipinski definition) is 0. The monoisotopic (exact) mass is 1660 g/mol. The minimum Gasteiger partial charge on any atom is -0.310 e. The van der Waals surface area contributed by atoms with Gasteiger partial charge in [-0.1, -0.05) is 383 Å². The van der Waals surface area contributed by atoms with Crippen LogP contribution in [0.3, 0.4) is 0 Å². The first kappa shape index (κ1) is 79.3. The topological polar surface area (TPSA) is 26.2 Å². The molecule has 0 saturated heterocycles. The van der Waals surface area contributed by atoms with Gasteiger partial charge in [-0.2, -0.15) is 0 Å². The Morgan fingerprint density at radius 2 is 0.450 bits per heavy atom. The first-order valence-corrected chi connectivity index (χ1v) is 46.0. The molecule has 0 atom stereocenters. The van der Waals surface area contributed by atoms with Crippen LogP contribution in [0, 0.1) is 0 Å². The second-order valence-corrected chi connectivity index (χ2v) is 41.3. The molecule has 0 bridgehead atoms. The van der Waals surface area contributed by atoms with E-state index >= 15 is 0 Å². The molecule has 129 heavy (non-hydrogen) atoms. The summed E-state index contributed by atoms with van der Waals surface area (Å²) >= 11 is 0. The molecular formula is C122H105BN6. The van der Waals surface area contributed by atoms with Gasteiger partial charge in [0.05, 0.1) is 55.5 Å². The van der Waals surface area contributed by atoms with Crippen molar-refractivity contribution >= 4 is 144 Å². The Balaban J connectivity index is 0.895. The van der Waals surface area contributed by atoms with Crippen LogP contribution in [0.2, 0.25) is 0 Å². The van der Waals surface area contributed by atoms with Crippen molar-refractivity contribution in [2.24, 2.45) is 0 Å². The lowest BCUT2D eigenvalue weighted by atomic mass is 9.33. The molecule has 4 aromatic heterocycles. The largest absolute Gasteiger partial charge is 0.310 e. The third-order valence-corrected chi connectivity index (χ3v) is 28.2. The molecule has 2 aliphatic heterocycles. The molecule has 0 N–H and O–H groups in total. The second kappa shape index (κ2) is 29.1.